The number of alkyl carbamates (subject to hydrolysis) is 1. The zero-order valence-corrected chi connectivity index (χ0v) is 26.9. The van der Waals surface area contributed by atoms with Crippen molar-refractivity contribution in [3.8, 4) is 0 Å². The van der Waals surface area contributed by atoms with Crippen LogP contribution in [0.3, 0.4) is 0 Å². The van der Waals surface area contributed by atoms with Gasteiger partial charge in [-0.1, -0.05) is 13.3 Å². The Morgan fingerprint density at radius 2 is 1.25 bits per heavy atom. The Morgan fingerprint density at radius 1 is 0.773 bits per heavy atom. The summed E-state index contributed by atoms with van der Waals surface area (Å²) >= 11 is 0. The highest BCUT2D eigenvalue weighted by Gasteiger charge is 2.42. The fraction of sp³-hybridized carbons (Fsp3) is 0.759. The Balaban J connectivity index is 1.95. The number of ether oxygens (including phenoxy) is 2. The van der Waals surface area contributed by atoms with Crippen LogP contribution in [-0.4, -0.2) is 89.1 Å². The molecule has 0 bridgehead atoms. The van der Waals surface area contributed by atoms with Gasteiger partial charge in [0.1, 0.15) is 16.7 Å². The summed E-state index contributed by atoms with van der Waals surface area (Å²) in [7, 11) is 0. The molecule has 15 nitrogen and oxygen atoms in total. The monoisotopic (exact) mass is 624 g/mol. The standard InChI is InChI=1S/C29H48N6O9/c1-9-10-11-43-23(39)15-19-18(13-21(37)31-19)33-24(40)28(5,6)34-22(38)14-16-17(12-20(36)30-16)32-25(41)29(7,8)35-26(42)44-27(2,3)4/h16-19H,9-15H2,1-8H3,(H,30,36)(H,31,37)(H,32,41)(H,33,40)(H,34,38)(H,35,42)/t16-,17+,18+,19-/m1/s1. The minimum atomic E-state index is -1.42. The van der Waals surface area contributed by atoms with Gasteiger partial charge in [0.05, 0.1) is 37.2 Å². The van der Waals surface area contributed by atoms with Gasteiger partial charge in [-0.2, -0.15) is 0 Å². The third-order valence-corrected chi connectivity index (χ3v) is 7.06. The number of unbranched alkanes of at least 4 members (excludes halogenated alkanes) is 1. The molecule has 248 valence electrons. The predicted octanol–water partition coefficient (Wildman–Crippen LogP) is 0.0546. The molecule has 0 saturated carbocycles. The molecule has 0 unspecified atom stereocenters. The molecule has 2 aliphatic rings. The molecule has 4 atom stereocenters. The van der Waals surface area contributed by atoms with E-state index >= 15 is 0 Å². The first-order valence-corrected chi connectivity index (χ1v) is 14.9. The van der Waals surface area contributed by atoms with E-state index in [1.165, 1.54) is 27.7 Å². The molecule has 0 aliphatic carbocycles. The average Bonchev–Trinajstić information content (AvgIpc) is 3.36. The smallest absolute Gasteiger partial charge is 0.408 e. The summed E-state index contributed by atoms with van der Waals surface area (Å²) in [5, 5.41) is 15.9. The van der Waals surface area contributed by atoms with Crippen LogP contribution in [0.25, 0.3) is 0 Å². The molecule has 0 aromatic heterocycles. The van der Waals surface area contributed by atoms with E-state index in [0.29, 0.717) is 0 Å². The Kier molecular flexibility index (Phi) is 12.1. The van der Waals surface area contributed by atoms with Gasteiger partial charge in [-0.3, -0.25) is 28.8 Å². The number of amides is 6. The maximum absolute atomic E-state index is 13.1. The molecule has 0 spiro atoms. The summed E-state index contributed by atoms with van der Waals surface area (Å²) in [6.07, 6.45) is 0.330. The van der Waals surface area contributed by atoms with E-state index in [9.17, 15) is 33.6 Å². The molecule has 6 N–H and O–H groups in total. The van der Waals surface area contributed by atoms with Gasteiger partial charge in [0.25, 0.3) is 0 Å². The summed E-state index contributed by atoms with van der Waals surface area (Å²) < 4.78 is 10.4. The van der Waals surface area contributed by atoms with Gasteiger partial charge in [0.2, 0.25) is 29.5 Å². The fourth-order valence-corrected chi connectivity index (χ4v) is 4.64. The molecule has 2 saturated heterocycles. The van der Waals surface area contributed by atoms with Crippen LogP contribution in [0.2, 0.25) is 0 Å². The van der Waals surface area contributed by atoms with Crippen molar-refractivity contribution in [1.29, 1.82) is 0 Å². The SMILES string of the molecule is CCCCOC(=O)C[C@H]1NC(=O)C[C@@H]1NC(=O)C(C)(C)NC(=O)C[C@H]1NC(=O)C[C@@H]1NC(=O)C(C)(C)NC(=O)OC(C)(C)C. The topological polar surface area (TPSA) is 210 Å². The van der Waals surface area contributed by atoms with Crippen molar-refractivity contribution in [3.05, 3.63) is 0 Å². The van der Waals surface area contributed by atoms with E-state index in [-0.39, 0.29) is 44.1 Å². The van der Waals surface area contributed by atoms with E-state index < -0.39 is 70.6 Å². The first-order valence-electron chi connectivity index (χ1n) is 14.9. The molecular weight excluding hydrogens is 576 g/mol. The van der Waals surface area contributed by atoms with E-state index in [2.05, 4.69) is 31.9 Å². The number of carbonyl (C=O) groups excluding carboxylic acids is 7. The largest absolute Gasteiger partial charge is 0.466 e. The van der Waals surface area contributed by atoms with Gasteiger partial charge in [-0.05, 0) is 54.9 Å². The maximum Gasteiger partial charge on any atom is 0.408 e. The predicted molar refractivity (Wildman–Crippen MR) is 158 cm³/mol. The minimum Gasteiger partial charge on any atom is -0.466 e. The third-order valence-electron chi connectivity index (χ3n) is 7.06. The zero-order chi connectivity index (χ0) is 33.5. The lowest BCUT2D eigenvalue weighted by atomic mass is 9.99. The minimum absolute atomic E-state index is 0.0305. The number of hydrogen-bond donors (Lipinski definition) is 6. The lowest BCUT2D eigenvalue weighted by Gasteiger charge is -2.31. The summed E-state index contributed by atoms with van der Waals surface area (Å²) in [6.45, 7) is 13.2. The van der Waals surface area contributed by atoms with E-state index in [1.807, 2.05) is 6.92 Å². The molecule has 0 aromatic carbocycles. The van der Waals surface area contributed by atoms with Crippen molar-refractivity contribution in [3.63, 3.8) is 0 Å². The lowest BCUT2D eigenvalue weighted by Crippen LogP contribution is -2.60. The van der Waals surface area contributed by atoms with Crippen LogP contribution in [0.5, 0.6) is 0 Å². The number of esters is 1. The molecule has 2 aliphatic heterocycles. The summed E-state index contributed by atoms with van der Waals surface area (Å²) in [5.74, 6) is -2.91. The number of carbonyl (C=O) groups is 7. The molecule has 2 rings (SSSR count). The highest BCUT2D eigenvalue weighted by Crippen LogP contribution is 2.18. The summed E-state index contributed by atoms with van der Waals surface area (Å²) in [5.41, 5.74) is -3.58. The van der Waals surface area contributed by atoms with Crippen molar-refractivity contribution in [1.82, 2.24) is 31.9 Å². The molecular formula is C29H48N6O9. The first-order chi connectivity index (χ1) is 20.2. The number of rotatable bonds is 13. The Bertz CT molecular complexity index is 1130. The Labute approximate surface area is 258 Å². The Morgan fingerprint density at radius 3 is 1.73 bits per heavy atom. The summed E-state index contributed by atoms with van der Waals surface area (Å²) in [6, 6.07) is -2.87. The van der Waals surface area contributed by atoms with Gasteiger partial charge in [-0.15, -0.1) is 0 Å². The van der Waals surface area contributed by atoms with Crippen LogP contribution < -0.4 is 31.9 Å². The molecule has 44 heavy (non-hydrogen) atoms. The van der Waals surface area contributed by atoms with Crippen molar-refractivity contribution in [2.75, 3.05) is 6.61 Å². The van der Waals surface area contributed by atoms with Crippen molar-refractivity contribution < 1.29 is 43.0 Å². The van der Waals surface area contributed by atoms with Crippen LogP contribution >= 0.6 is 0 Å². The van der Waals surface area contributed by atoms with Crippen LogP contribution in [-0.2, 0) is 38.2 Å². The van der Waals surface area contributed by atoms with E-state index in [4.69, 9.17) is 9.47 Å². The molecule has 2 heterocycles. The first kappa shape index (κ1) is 36.3. The molecule has 6 amide bonds. The second-order valence-corrected chi connectivity index (χ2v) is 13.3. The zero-order valence-electron chi connectivity index (χ0n) is 26.9. The van der Waals surface area contributed by atoms with Crippen molar-refractivity contribution >= 4 is 41.6 Å². The average molecular weight is 625 g/mol. The van der Waals surface area contributed by atoms with Crippen molar-refractivity contribution in [2.24, 2.45) is 0 Å². The molecule has 15 heteroatoms. The second-order valence-electron chi connectivity index (χ2n) is 13.3. The van der Waals surface area contributed by atoms with Crippen LogP contribution in [0.1, 0.15) is 93.9 Å². The third kappa shape index (κ3) is 11.3. The van der Waals surface area contributed by atoms with Crippen LogP contribution in [0, 0.1) is 0 Å². The number of nitrogens with one attached hydrogen (secondary N) is 6. The molecule has 0 aromatic rings. The van der Waals surface area contributed by atoms with Gasteiger partial charge in [-0.25, -0.2) is 4.79 Å². The molecule has 0 radical (unpaired) electrons. The fourth-order valence-electron chi connectivity index (χ4n) is 4.64. The Hall–Kier alpha value is -3.91. The maximum atomic E-state index is 13.1. The van der Waals surface area contributed by atoms with Gasteiger partial charge in [0.15, 0.2) is 0 Å². The van der Waals surface area contributed by atoms with Gasteiger partial charge in [0, 0.05) is 19.3 Å². The quantitative estimate of drug-likeness (QED) is 0.121. The normalized spacial score (nSPS) is 21.9. The van der Waals surface area contributed by atoms with Crippen LogP contribution in [0.4, 0.5) is 4.79 Å². The van der Waals surface area contributed by atoms with E-state index in [1.54, 1.807) is 20.8 Å². The van der Waals surface area contributed by atoms with Crippen molar-refractivity contribution in [2.45, 2.75) is 135 Å². The van der Waals surface area contributed by atoms with Crippen LogP contribution in [0.15, 0.2) is 0 Å². The summed E-state index contributed by atoms with van der Waals surface area (Å²) in [4.78, 5) is 87.7. The number of hydrogen-bond acceptors (Lipinski definition) is 9. The van der Waals surface area contributed by atoms with E-state index in [0.717, 1.165) is 12.8 Å². The second kappa shape index (κ2) is 14.7. The highest BCUT2D eigenvalue weighted by atomic mass is 16.6. The van der Waals surface area contributed by atoms with Gasteiger partial charge < -0.3 is 41.4 Å². The highest BCUT2D eigenvalue weighted by molar-refractivity contribution is 5.93. The molecule has 2 fully saturated rings. The lowest BCUT2D eigenvalue weighted by molar-refractivity contribution is -0.144. The van der Waals surface area contributed by atoms with Gasteiger partial charge >= 0.3 is 12.1 Å².